The molecule has 15 atom stereocenters. The van der Waals surface area contributed by atoms with E-state index in [1.54, 1.807) is 21.3 Å². The van der Waals surface area contributed by atoms with E-state index in [4.69, 9.17) is 28.4 Å². The number of ether oxygens (including phenoxy) is 6. The van der Waals surface area contributed by atoms with E-state index in [0.29, 0.717) is 18.3 Å². The van der Waals surface area contributed by atoms with Crippen molar-refractivity contribution < 1.29 is 43.1 Å². The maximum Gasteiger partial charge on any atom is 0.306 e. The fraction of sp³-hybridized carbons (Fsp3) is 0.882. The number of fused-ring (bicyclic) bond motifs is 5. The Balaban J connectivity index is 1.35. The van der Waals surface area contributed by atoms with Gasteiger partial charge in [-0.25, -0.2) is 0 Å². The molecule has 9 nitrogen and oxygen atoms in total. The molecular weight excluding hydrogens is 552 g/mol. The number of cyclic esters (lactones) is 1. The van der Waals surface area contributed by atoms with Gasteiger partial charge in [-0.05, 0) is 88.4 Å². The maximum absolute atomic E-state index is 13.9. The Bertz CT molecular complexity index is 1010. The van der Waals surface area contributed by atoms with Gasteiger partial charge in [0.25, 0.3) is 0 Å². The van der Waals surface area contributed by atoms with Gasteiger partial charge in [-0.3, -0.25) is 9.59 Å². The molecular formula is C34H54O9. The number of carbonyl (C=O) groups is 2. The van der Waals surface area contributed by atoms with Crippen molar-refractivity contribution in [3.05, 3.63) is 11.6 Å². The third kappa shape index (κ3) is 6.50. The van der Waals surface area contributed by atoms with Crippen molar-refractivity contribution in [1.82, 2.24) is 0 Å². The second-order valence-corrected chi connectivity index (χ2v) is 13.9. The average molecular weight is 607 g/mol. The maximum atomic E-state index is 13.9. The number of Topliss-reactive ketones (excluding diaryl/α,β-unsaturated/α-hetero) is 1. The summed E-state index contributed by atoms with van der Waals surface area (Å²) < 4.78 is 36.1. The van der Waals surface area contributed by atoms with Crippen molar-refractivity contribution in [3.8, 4) is 0 Å². The van der Waals surface area contributed by atoms with Gasteiger partial charge in [-0.2, -0.15) is 0 Å². The summed E-state index contributed by atoms with van der Waals surface area (Å²) in [6, 6.07) is 0. The zero-order chi connectivity index (χ0) is 31.0. The van der Waals surface area contributed by atoms with Crippen LogP contribution in [0, 0.1) is 41.4 Å². The first-order chi connectivity index (χ1) is 20.6. The number of carbonyl (C=O) groups excluding carboxylic acids is 2. The van der Waals surface area contributed by atoms with Crippen LogP contribution in [0.1, 0.15) is 79.1 Å². The minimum atomic E-state index is -0.669. The van der Waals surface area contributed by atoms with E-state index in [0.717, 1.165) is 38.5 Å². The molecule has 9 heteroatoms. The quantitative estimate of drug-likeness (QED) is 0.346. The molecule has 2 saturated carbocycles. The minimum absolute atomic E-state index is 0.0260. The van der Waals surface area contributed by atoms with E-state index in [1.165, 1.54) is 5.57 Å². The van der Waals surface area contributed by atoms with Crippen molar-refractivity contribution in [2.24, 2.45) is 41.4 Å². The van der Waals surface area contributed by atoms with Gasteiger partial charge in [0.2, 0.25) is 0 Å². The van der Waals surface area contributed by atoms with Crippen LogP contribution in [0.2, 0.25) is 0 Å². The molecule has 0 bridgehead atoms. The highest BCUT2D eigenvalue weighted by Gasteiger charge is 2.56. The first kappa shape index (κ1) is 33.0. The van der Waals surface area contributed by atoms with Crippen LogP contribution in [0.15, 0.2) is 11.6 Å². The summed E-state index contributed by atoms with van der Waals surface area (Å²) in [7, 11) is 4.96. The van der Waals surface area contributed by atoms with Crippen LogP contribution < -0.4 is 0 Å². The smallest absolute Gasteiger partial charge is 0.306 e. The zero-order valence-corrected chi connectivity index (χ0v) is 27.1. The lowest BCUT2D eigenvalue weighted by molar-refractivity contribution is -0.314. The summed E-state index contributed by atoms with van der Waals surface area (Å²) in [5.41, 5.74) is 1.32. The Morgan fingerprint density at radius 1 is 0.907 bits per heavy atom. The number of aliphatic hydroxyl groups is 1. The van der Waals surface area contributed by atoms with Crippen molar-refractivity contribution in [2.45, 2.75) is 128 Å². The van der Waals surface area contributed by atoms with E-state index in [2.05, 4.69) is 13.0 Å². The molecule has 0 aromatic rings. The van der Waals surface area contributed by atoms with Gasteiger partial charge in [0, 0.05) is 39.6 Å². The van der Waals surface area contributed by atoms with Crippen molar-refractivity contribution in [2.75, 3.05) is 21.3 Å². The molecule has 0 aromatic carbocycles. The molecule has 244 valence electrons. The average Bonchev–Trinajstić information content (AvgIpc) is 3.56. The number of rotatable bonds is 6. The van der Waals surface area contributed by atoms with Crippen LogP contribution in [-0.2, 0) is 38.0 Å². The summed E-state index contributed by atoms with van der Waals surface area (Å²) in [5.74, 6) is 0.213. The first-order valence-electron chi connectivity index (χ1n) is 16.6. The van der Waals surface area contributed by atoms with E-state index in [-0.39, 0.29) is 72.4 Å². The molecule has 2 aliphatic heterocycles. The number of esters is 1. The summed E-state index contributed by atoms with van der Waals surface area (Å²) in [5, 5.41) is 10.9. The minimum Gasteiger partial charge on any atom is -0.462 e. The predicted molar refractivity (Wildman–Crippen MR) is 159 cm³/mol. The normalized spacial score (nSPS) is 47.4. The SMILES string of the molecule is CC[C@H]1CCC[C@H](O)[C@@H](C)C(=O)[C@@H]2C[C@@H]3[C@@H](C=C(C)[C@@H]4C[C@@H](O[C@H]5O[C@H](C)[C@@H](OC)[C@H](OC)[C@@H]5OC)C[C@@H]34)[C@@H]2CC(=O)O1. The van der Waals surface area contributed by atoms with E-state index < -0.39 is 24.4 Å². The molecule has 1 N–H and O–H groups in total. The van der Waals surface area contributed by atoms with Gasteiger partial charge < -0.3 is 33.5 Å². The summed E-state index contributed by atoms with van der Waals surface area (Å²) in [6.45, 7) is 8.07. The second kappa shape index (κ2) is 14.0. The molecule has 0 spiro atoms. The van der Waals surface area contributed by atoms with E-state index in [1.807, 2.05) is 20.8 Å². The molecule has 4 fully saturated rings. The van der Waals surface area contributed by atoms with Crippen molar-refractivity contribution in [3.63, 3.8) is 0 Å². The summed E-state index contributed by atoms with van der Waals surface area (Å²) >= 11 is 0. The standard InChI is InChI=1S/C34H54O9/c1-8-20-10-9-11-28(35)18(3)30(37)27-15-25-23(26(27)16-29(36)42-20)12-17(2)22-13-21(14-24(22)25)43-34-33(40-7)32(39-6)31(38-5)19(4)41-34/h12,18-28,31-35H,8-11,13-16H2,1-7H3/t18-,19-,20+,21-,22+,23-,24-,25-,26+,27-,28+,31-,32+,33+,34-/m1/s1. The number of hydrogen-bond acceptors (Lipinski definition) is 9. The van der Waals surface area contributed by atoms with Crippen LogP contribution in [0.5, 0.6) is 0 Å². The second-order valence-electron chi connectivity index (χ2n) is 13.9. The largest absolute Gasteiger partial charge is 0.462 e. The van der Waals surface area contributed by atoms with Gasteiger partial charge in [0.15, 0.2) is 6.29 Å². The highest BCUT2D eigenvalue weighted by atomic mass is 16.7. The number of ketones is 1. The van der Waals surface area contributed by atoms with Crippen LogP contribution in [0.3, 0.4) is 0 Å². The fourth-order valence-corrected chi connectivity index (χ4v) is 9.30. The molecule has 2 heterocycles. The lowest BCUT2D eigenvalue weighted by atomic mass is 9.68. The van der Waals surface area contributed by atoms with Crippen LogP contribution in [0.25, 0.3) is 0 Å². The lowest BCUT2D eigenvalue weighted by Gasteiger charge is -2.44. The highest BCUT2D eigenvalue weighted by Crippen LogP contribution is 2.58. The lowest BCUT2D eigenvalue weighted by Crippen LogP contribution is -2.59. The molecule has 0 radical (unpaired) electrons. The van der Waals surface area contributed by atoms with Crippen LogP contribution >= 0.6 is 0 Å². The number of aliphatic hydroxyl groups excluding tert-OH is 1. The highest BCUT2D eigenvalue weighted by molar-refractivity contribution is 5.85. The zero-order valence-electron chi connectivity index (χ0n) is 27.1. The van der Waals surface area contributed by atoms with E-state index >= 15 is 0 Å². The van der Waals surface area contributed by atoms with Crippen molar-refractivity contribution >= 4 is 11.8 Å². The molecule has 43 heavy (non-hydrogen) atoms. The Morgan fingerprint density at radius 3 is 2.30 bits per heavy atom. The molecule has 5 rings (SSSR count). The molecule has 3 aliphatic carbocycles. The fourth-order valence-electron chi connectivity index (χ4n) is 9.30. The Kier molecular flexibility index (Phi) is 10.7. The van der Waals surface area contributed by atoms with Gasteiger partial charge in [0.1, 0.15) is 30.2 Å². The molecule has 0 aromatic heterocycles. The number of allylic oxidation sites excluding steroid dienone is 2. The first-order valence-corrected chi connectivity index (χ1v) is 16.6. The van der Waals surface area contributed by atoms with Gasteiger partial charge in [-0.15, -0.1) is 0 Å². The molecule has 5 aliphatic rings. The van der Waals surface area contributed by atoms with Gasteiger partial charge in [0.05, 0.1) is 18.3 Å². The summed E-state index contributed by atoms with van der Waals surface area (Å²) in [4.78, 5) is 27.2. The van der Waals surface area contributed by atoms with E-state index in [9.17, 15) is 14.7 Å². The Labute approximate surface area is 257 Å². The predicted octanol–water partition coefficient (Wildman–Crippen LogP) is 4.48. The van der Waals surface area contributed by atoms with Crippen molar-refractivity contribution in [1.29, 1.82) is 0 Å². The number of methoxy groups -OCH3 is 3. The molecule has 2 saturated heterocycles. The third-order valence-electron chi connectivity index (χ3n) is 11.6. The summed E-state index contributed by atoms with van der Waals surface area (Å²) in [6.07, 6.45) is 5.21. The molecule has 0 amide bonds. The molecule has 0 unspecified atom stereocenters. The van der Waals surface area contributed by atoms with Crippen LogP contribution in [0.4, 0.5) is 0 Å². The Hall–Kier alpha value is -1.36. The van der Waals surface area contributed by atoms with Gasteiger partial charge >= 0.3 is 5.97 Å². The Morgan fingerprint density at radius 2 is 1.63 bits per heavy atom. The van der Waals surface area contributed by atoms with Gasteiger partial charge in [-0.1, -0.05) is 25.5 Å². The topological polar surface area (TPSA) is 110 Å². The number of hydrogen-bond donors (Lipinski definition) is 1. The third-order valence-corrected chi connectivity index (χ3v) is 11.6. The van der Waals surface area contributed by atoms with Crippen LogP contribution in [-0.4, -0.2) is 87.2 Å². The monoisotopic (exact) mass is 606 g/mol.